The number of nitrogens with zero attached hydrogens (tertiary/aromatic N) is 1. The summed E-state index contributed by atoms with van der Waals surface area (Å²) >= 11 is 0. The summed E-state index contributed by atoms with van der Waals surface area (Å²) < 4.78 is 48.4. The molecular formula is C27H48N2O12. The fourth-order valence-electron chi connectivity index (χ4n) is 2.99. The van der Waals surface area contributed by atoms with Gasteiger partial charge in [0, 0.05) is 18.7 Å². The molecule has 0 aliphatic carbocycles. The zero-order chi connectivity index (χ0) is 30.0. The lowest BCUT2D eigenvalue weighted by Crippen LogP contribution is -2.34. The number of alkyl carbamates (subject to hydrolysis) is 1. The van der Waals surface area contributed by atoms with Crippen molar-refractivity contribution in [1.29, 1.82) is 0 Å². The first-order valence-corrected chi connectivity index (χ1v) is 13.9. The van der Waals surface area contributed by atoms with Crippen molar-refractivity contribution in [1.82, 2.24) is 10.2 Å². The van der Waals surface area contributed by atoms with Crippen molar-refractivity contribution >= 4 is 17.9 Å². The SMILES string of the molecule is CC(C)(C)OC(=O)NCCOCCOCCOCCOCCOCCOCCOCCOCCN1C(=O)C=CC1=O. The Morgan fingerprint density at radius 3 is 1.24 bits per heavy atom. The quantitative estimate of drug-likeness (QED) is 0.105. The molecule has 1 N–H and O–H groups in total. The van der Waals surface area contributed by atoms with Gasteiger partial charge in [0.05, 0.1) is 112 Å². The van der Waals surface area contributed by atoms with Gasteiger partial charge < -0.3 is 47.9 Å². The molecule has 238 valence electrons. The molecule has 0 aromatic rings. The van der Waals surface area contributed by atoms with E-state index in [0.717, 1.165) is 4.90 Å². The van der Waals surface area contributed by atoms with Crippen LogP contribution in [-0.2, 0) is 52.2 Å². The van der Waals surface area contributed by atoms with Crippen LogP contribution in [0.4, 0.5) is 4.79 Å². The van der Waals surface area contributed by atoms with Crippen molar-refractivity contribution in [3.8, 4) is 0 Å². The summed E-state index contributed by atoms with van der Waals surface area (Å²) in [5.41, 5.74) is -0.515. The van der Waals surface area contributed by atoms with Crippen LogP contribution in [-0.4, -0.2) is 147 Å². The maximum Gasteiger partial charge on any atom is 0.407 e. The molecule has 0 atom stereocenters. The number of ether oxygens (including phenoxy) is 9. The maximum absolute atomic E-state index is 11.5. The second kappa shape index (κ2) is 24.4. The van der Waals surface area contributed by atoms with E-state index in [4.69, 9.17) is 42.6 Å². The first kappa shape index (κ1) is 36.9. The van der Waals surface area contributed by atoms with Gasteiger partial charge in [0.2, 0.25) is 0 Å². The minimum Gasteiger partial charge on any atom is -0.444 e. The number of amides is 3. The molecule has 0 spiro atoms. The van der Waals surface area contributed by atoms with Crippen LogP contribution < -0.4 is 5.32 Å². The van der Waals surface area contributed by atoms with E-state index in [0.29, 0.717) is 106 Å². The normalized spacial score (nSPS) is 13.4. The van der Waals surface area contributed by atoms with E-state index in [1.54, 1.807) is 0 Å². The third kappa shape index (κ3) is 23.1. The van der Waals surface area contributed by atoms with Gasteiger partial charge in [-0.1, -0.05) is 0 Å². The van der Waals surface area contributed by atoms with Gasteiger partial charge in [0.15, 0.2) is 0 Å². The predicted octanol–water partition coefficient (Wildman–Crippen LogP) is 0.569. The average molecular weight is 593 g/mol. The van der Waals surface area contributed by atoms with Crippen molar-refractivity contribution in [3.63, 3.8) is 0 Å². The Hall–Kier alpha value is -2.17. The van der Waals surface area contributed by atoms with Gasteiger partial charge in [-0.2, -0.15) is 0 Å². The maximum atomic E-state index is 11.5. The molecule has 0 fully saturated rings. The Kier molecular flexibility index (Phi) is 22.0. The summed E-state index contributed by atoms with van der Waals surface area (Å²) in [7, 11) is 0. The zero-order valence-corrected chi connectivity index (χ0v) is 24.7. The van der Waals surface area contributed by atoms with Crippen LogP contribution in [0.5, 0.6) is 0 Å². The van der Waals surface area contributed by atoms with Gasteiger partial charge in [0.1, 0.15) is 5.60 Å². The first-order valence-electron chi connectivity index (χ1n) is 13.9. The Morgan fingerprint density at radius 1 is 0.585 bits per heavy atom. The summed E-state index contributed by atoms with van der Waals surface area (Å²) in [6, 6.07) is 0. The van der Waals surface area contributed by atoms with Crippen LogP contribution >= 0.6 is 0 Å². The molecule has 0 bridgehead atoms. The van der Waals surface area contributed by atoms with Crippen LogP contribution in [0.2, 0.25) is 0 Å². The van der Waals surface area contributed by atoms with E-state index in [2.05, 4.69) is 5.32 Å². The molecule has 0 radical (unpaired) electrons. The molecule has 1 aliphatic rings. The lowest BCUT2D eigenvalue weighted by Gasteiger charge is -2.19. The lowest BCUT2D eigenvalue weighted by atomic mass is 10.2. The summed E-state index contributed by atoms with van der Waals surface area (Å²) in [6.07, 6.45) is 2.04. The lowest BCUT2D eigenvalue weighted by molar-refractivity contribution is -0.137. The molecule has 14 nitrogen and oxygen atoms in total. The van der Waals surface area contributed by atoms with Crippen LogP contribution in [0, 0.1) is 0 Å². The summed E-state index contributed by atoms with van der Waals surface area (Å²) in [5.74, 6) is -0.619. The fourth-order valence-corrected chi connectivity index (χ4v) is 2.99. The van der Waals surface area contributed by atoms with Crippen LogP contribution in [0.15, 0.2) is 12.2 Å². The Labute approximate surface area is 242 Å². The van der Waals surface area contributed by atoms with Gasteiger partial charge in [0.25, 0.3) is 11.8 Å². The molecule has 41 heavy (non-hydrogen) atoms. The Balaban J connectivity index is 1.67. The molecule has 3 amide bonds. The molecular weight excluding hydrogens is 544 g/mol. The first-order chi connectivity index (χ1) is 19.8. The summed E-state index contributed by atoms with van der Waals surface area (Å²) in [4.78, 5) is 35.4. The van der Waals surface area contributed by atoms with Gasteiger partial charge in [-0.05, 0) is 20.8 Å². The van der Waals surface area contributed by atoms with Crippen molar-refractivity contribution in [2.24, 2.45) is 0 Å². The molecule has 1 rings (SSSR count). The second-order valence-corrected chi connectivity index (χ2v) is 9.49. The van der Waals surface area contributed by atoms with E-state index < -0.39 is 11.7 Å². The minimum atomic E-state index is -0.515. The molecule has 1 heterocycles. The van der Waals surface area contributed by atoms with Crippen LogP contribution in [0.25, 0.3) is 0 Å². The van der Waals surface area contributed by atoms with Crippen molar-refractivity contribution in [2.75, 3.05) is 119 Å². The van der Waals surface area contributed by atoms with Crippen LogP contribution in [0.3, 0.4) is 0 Å². The number of imide groups is 1. The zero-order valence-electron chi connectivity index (χ0n) is 24.7. The van der Waals surface area contributed by atoms with Crippen molar-refractivity contribution in [2.45, 2.75) is 26.4 Å². The number of carbonyl (C=O) groups is 3. The number of carbonyl (C=O) groups excluding carboxylic acids is 3. The fraction of sp³-hybridized carbons (Fsp3) is 0.815. The highest BCUT2D eigenvalue weighted by atomic mass is 16.6. The standard InChI is InChI=1S/C27H48N2O12/c1-27(2,3)41-26(32)28-6-8-33-10-12-35-14-16-37-18-20-39-22-23-40-21-19-38-17-15-36-13-11-34-9-7-29-24(30)4-5-25(29)31/h4-5H,6-23H2,1-3H3,(H,28,32). The molecule has 0 saturated heterocycles. The molecule has 1 aliphatic heterocycles. The van der Waals surface area contributed by atoms with Gasteiger partial charge in [-0.25, -0.2) is 4.79 Å². The predicted molar refractivity (Wildman–Crippen MR) is 147 cm³/mol. The number of nitrogens with one attached hydrogen (secondary N) is 1. The molecule has 0 aromatic carbocycles. The van der Waals surface area contributed by atoms with E-state index in [1.807, 2.05) is 20.8 Å². The molecule has 14 heteroatoms. The van der Waals surface area contributed by atoms with Crippen molar-refractivity contribution in [3.05, 3.63) is 12.2 Å². The molecule has 0 saturated carbocycles. The summed E-state index contributed by atoms with van der Waals surface area (Å²) in [5, 5.41) is 2.62. The monoisotopic (exact) mass is 592 g/mol. The van der Waals surface area contributed by atoms with Gasteiger partial charge in [-0.15, -0.1) is 0 Å². The minimum absolute atomic E-state index is 0.237. The van der Waals surface area contributed by atoms with Gasteiger partial charge in [-0.3, -0.25) is 14.5 Å². The van der Waals surface area contributed by atoms with Crippen molar-refractivity contribution < 1.29 is 57.0 Å². The second-order valence-electron chi connectivity index (χ2n) is 9.49. The number of hydrogen-bond donors (Lipinski definition) is 1. The third-order valence-corrected chi connectivity index (χ3v) is 4.88. The number of hydrogen-bond acceptors (Lipinski definition) is 12. The van der Waals surface area contributed by atoms with Crippen LogP contribution in [0.1, 0.15) is 20.8 Å². The molecule has 0 aromatic heterocycles. The largest absolute Gasteiger partial charge is 0.444 e. The van der Waals surface area contributed by atoms with E-state index in [9.17, 15) is 14.4 Å². The highest BCUT2D eigenvalue weighted by molar-refractivity contribution is 6.12. The summed E-state index contributed by atoms with van der Waals surface area (Å²) in [6.45, 7) is 13.0. The Bertz CT molecular complexity index is 712. The average Bonchev–Trinajstić information content (AvgIpc) is 3.23. The highest BCUT2D eigenvalue weighted by Gasteiger charge is 2.22. The van der Waals surface area contributed by atoms with E-state index in [1.165, 1.54) is 12.2 Å². The number of rotatable bonds is 27. The Morgan fingerprint density at radius 2 is 0.902 bits per heavy atom. The molecule has 0 unspecified atom stereocenters. The van der Waals surface area contributed by atoms with Gasteiger partial charge >= 0.3 is 6.09 Å². The smallest absolute Gasteiger partial charge is 0.407 e. The highest BCUT2D eigenvalue weighted by Crippen LogP contribution is 2.06. The third-order valence-electron chi connectivity index (χ3n) is 4.88. The van der Waals surface area contributed by atoms with E-state index in [-0.39, 0.29) is 25.0 Å². The van der Waals surface area contributed by atoms with E-state index >= 15 is 0 Å². The topological polar surface area (TPSA) is 150 Å².